The lowest BCUT2D eigenvalue weighted by Crippen LogP contribution is -2.52. The smallest absolute Gasteiger partial charge is 0.258 e. The number of alkyl halides is 1. The number of carbonyl (C=O) groups is 3. The van der Waals surface area contributed by atoms with E-state index in [0.717, 1.165) is 94.3 Å². The lowest BCUT2D eigenvalue weighted by Gasteiger charge is -2.44. The molecule has 0 bridgehead atoms. The maximum atomic E-state index is 15.2. The molecule has 0 saturated carbocycles. The molecule has 3 amide bonds. The van der Waals surface area contributed by atoms with Gasteiger partial charge in [-0.2, -0.15) is 0 Å². The predicted molar refractivity (Wildman–Crippen MR) is 230 cm³/mol. The minimum Gasteiger partial charge on any atom is -0.496 e. The first-order valence-electron chi connectivity index (χ1n) is 22.1. The molecule has 3 atom stereocenters. The number of benzene rings is 2. The van der Waals surface area contributed by atoms with Crippen LogP contribution in [0.1, 0.15) is 104 Å². The van der Waals surface area contributed by atoms with Gasteiger partial charge in [0.15, 0.2) is 0 Å². The van der Waals surface area contributed by atoms with Crippen LogP contribution < -0.4 is 19.9 Å². The van der Waals surface area contributed by atoms with Gasteiger partial charge in [-0.05, 0) is 112 Å². The molecule has 3 aromatic rings. The normalized spacial score (nSPS) is 24.2. The highest BCUT2D eigenvalue weighted by Crippen LogP contribution is 2.49. The van der Waals surface area contributed by atoms with Crippen LogP contribution >= 0.6 is 0 Å². The van der Waals surface area contributed by atoms with E-state index in [4.69, 9.17) is 14.7 Å². The second-order valence-corrected chi connectivity index (χ2v) is 18.5. The van der Waals surface area contributed by atoms with Gasteiger partial charge in [-0.1, -0.05) is 24.3 Å². The van der Waals surface area contributed by atoms with E-state index in [0.29, 0.717) is 36.7 Å². The molecule has 1 aromatic heterocycles. The number of hydrogen-bond donors (Lipinski definition) is 1. The van der Waals surface area contributed by atoms with E-state index in [-0.39, 0.29) is 30.3 Å². The Labute approximate surface area is 353 Å². The molecular formula is C47H59FN8O4. The number of piperidine rings is 2. The van der Waals surface area contributed by atoms with E-state index in [1.54, 1.807) is 25.9 Å². The zero-order chi connectivity index (χ0) is 41.7. The standard InChI is InChI=1S/C47H59FN8O4/c1-30-22-37-36-10-6-5-9-32(36)24-38(37)43(56(30)29-47(2,3)48)34-26-49-46(50-27-34)54-16-13-31(14-17-54)8-7-15-52-18-20-53(21-19-52)35-23-33-28-55(39-11-12-41(57)51-44(39)58)45(59)42(33)40(25-35)60-4/h5-6,9-10,23,25-27,30-31,39,43H,7-8,11-22,24,28-29H2,1-4H3,(H,51,57,58)/t30-,39?,43-/m1/s1. The predicted octanol–water partition coefficient (Wildman–Crippen LogP) is 5.96. The molecule has 0 radical (unpaired) electrons. The summed E-state index contributed by atoms with van der Waals surface area (Å²) in [5.41, 5.74) is 7.65. The summed E-state index contributed by atoms with van der Waals surface area (Å²) in [5, 5.41) is 2.38. The van der Waals surface area contributed by atoms with Crippen LogP contribution in [0.3, 0.4) is 0 Å². The second-order valence-electron chi connectivity index (χ2n) is 18.5. The molecule has 6 heterocycles. The third kappa shape index (κ3) is 8.02. The fourth-order valence-corrected chi connectivity index (χ4v) is 10.8. The fraction of sp³-hybridized carbons (Fsp3) is 0.553. The van der Waals surface area contributed by atoms with E-state index >= 15 is 4.39 Å². The van der Waals surface area contributed by atoms with Crippen LogP contribution in [0.2, 0.25) is 0 Å². The topological polar surface area (TPSA) is 114 Å². The number of rotatable bonds is 11. The molecule has 3 saturated heterocycles. The minimum absolute atomic E-state index is 0.0385. The van der Waals surface area contributed by atoms with Crippen molar-refractivity contribution in [2.45, 2.75) is 102 Å². The lowest BCUT2D eigenvalue weighted by atomic mass is 9.85. The number of ether oxygens (including phenoxy) is 1. The van der Waals surface area contributed by atoms with Crippen LogP contribution in [0.5, 0.6) is 5.75 Å². The fourth-order valence-electron chi connectivity index (χ4n) is 10.8. The number of anilines is 2. The van der Waals surface area contributed by atoms with Crippen molar-refractivity contribution in [3.05, 3.63) is 82.2 Å². The number of nitrogens with one attached hydrogen (secondary N) is 1. The number of piperazine rings is 1. The molecule has 1 aliphatic carbocycles. The maximum absolute atomic E-state index is 15.2. The van der Waals surface area contributed by atoms with Crippen LogP contribution in [0.15, 0.2) is 54.4 Å². The molecule has 6 aliphatic rings. The summed E-state index contributed by atoms with van der Waals surface area (Å²) in [6, 6.07) is 12.3. The largest absolute Gasteiger partial charge is 0.496 e. The molecule has 1 N–H and O–H groups in total. The first kappa shape index (κ1) is 40.5. The van der Waals surface area contributed by atoms with E-state index in [2.05, 4.69) is 62.2 Å². The van der Waals surface area contributed by atoms with Gasteiger partial charge < -0.3 is 19.4 Å². The number of nitrogens with zero attached hydrogens (tertiary/aromatic N) is 7. The van der Waals surface area contributed by atoms with Gasteiger partial charge >= 0.3 is 0 Å². The summed E-state index contributed by atoms with van der Waals surface area (Å²) in [7, 11) is 1.58. The SMILES string of the molecule is COc1cc(N2CCN(CCCC3CCN(c4ncc([C@@H]5C6=C(C[C@@H](C)N5CC(C)(C)F)c5ccccc5C6)cn4)CC3)CC2)cc2c1C(=O)N(C1CCC(=O)NC1=O)C2. The Morgan fingerprint density at radius 1 is 0.933 bits per heavy atom. The Hall–Kier alpha value is -4.88. The first-order valence-corrected chi connectivity index (χ1v) is 22.1. The third-order valence-corrected chi connectivity index (χ3v) is 13.9. The van der Waals surface area contributed by atoms with Crippen LogP contribution in [0.4, 0.5) is 16.0 Å². The molecule has 1 unspecified atom stereocenters. The Kier molecular flexibility index (Phi) is 11.2. The van der Waals surface area contributed by atoms with E-state index in [1.165, 1.54) is 35.1 Å². The van der Waals surface area contributed by atoms with Crippen LogP contribution in [-0.2, 0) is 22.6 Å². The van der Waals surface area contributed by atoms with Gasteiger partial charge in [0.2, 0.25) is 17.8 Å². The summed E-state index contributed by atoms with van der Waals surface area (Å²) in [6.07, 6.45) is 11.1. The van der Waals surface area contributed by atoms with E-state index in [9.17, 15) is 14.4 Å². The second kappa shape index (κ2) is 16.5. The molecular weight excluding hydrogens is 760 g/mol. The molecule has 13 heteroatoms. The summed E-state index contributed by atoms with van der Waals surface area (Å²) in [5.74, 6) is 1.10. The summed E-state index contributed by atoms with van der Waals surface area (Å²) >= 11 is 0. The molecule has 60 heavy (non-hydrogen) atoms. The average Bonchev–Trinajstić information content (AvgIpc) is 3.77. The van der Waals surface area contributed by atoms with Crippen LogP contribution in [0, 0.1) is 5.92 Å². The van der Waals surface area contributed by atoms with Crippen molar-refractivity contribution in [1.29, 1.82) is 0 Å². The van der Waals surface area contributed by atoms with Crippen molar-refractivity contribution in [3.63, 3.8) is 0 Å². The Balaban J connectivity index is 0.752. The van der Waals surface area contributed by atoms with Crippen molar-refractivity contribution in [3.8, 4) is 5.75 Å². The van der Waals surface area contributed by atoms with Crippen molar-refractivity contribution in [2.24, 2.45) is 5.92 Å². The number of hydrogen-bond acceptors (Lipinski definition) is 10. The van der Waals surface area contributed by atoms with Gasteiger partial charge in [-0.3, -0.25) is 29.5 Å². The number of carbonyl (C=O) groups excluding carboxylic acids is 3. The van der Waals surface area contributed by atoms with Crippen molar-refractivity contribution in [2.75, 3.05) is 69.3 Å². The zero-order valence-corrected chi connectivity index (χ0v) is 35.6. The van der Waals surface area contributed by atoms with Gasteiger partial charge in [-0.15, -0.1) is 0 Å². The van der Waals surface area contributed by atoms with Gasteiger partial charge in [0.05, 0.1) is 18.7 Å². The van der Waals surface area contributed by atoms with Crippen molar-refractivity contribution >= 4 is 34.9 Å². The van der Waals surface area contributed by atoms with Gasteiger partial charge in [0.25, 0.3) is 5.91 Å². The van der Waals surface area contributed by atoms with Crippen LogP contribution in [0.25, 0.3) is 5.57 Å². The number of fused-ring (bicyclic) bond motifs is 3. The number of halogens is 1. The molecule has 3 fully saturated rings. The molecule has 2 aromatic carbocycles. The molecule has 12 nitrogen and oxygen atoms in total. The monoisotopic (exact) mass is 818 g/mol. The van der Waals surface area contributed by atoms with E-state index in [1.807, 2.05) is 18.5 Å². The summed E-state index contributed by atoms with van der Waals surface area (Å²) < 4.78 is 20.9. The maximum Gasteiger partial charge on any atom is 0.258 e. The molecule has 0 spiro atoms. The average molecular weight is 819 g/mol. The van der Waals surface area contributed by atoms with Crippen molar-refractivity contribution < 1.29 is 23.5 Å². The molecule has 318 valence electrons. The van der Waals surface area contributed by atoms with Gasteiger partial charge in [-0.25, -0.2) is 14.4 Å². The zero-order valence-electron chi connectivity index (χ0n) is 35.6. The highest BCUT2D eigenvalue weighted by atomic mass is 19.1. The lowest BCUT2D eigenvalue weighted by molar-refractivity contribution is -0.136. The molecule has 5 aliphatic heterocycles. The minimum atomic E-state index is -1.31. The number of imide groups is 1. The summed E-state index contributed by atoms with van der Waals surface area (Å²) in [6.45, 7) is 13.0. The number of methoxy groups -OCH3 is 1. The Morgan fingerprint density at radius 2 is 1.68 bits per heavy atom. The first-order chi connectivity index (χ1) is 28.9. The third-order valence-electron chi connectivity index (χ3n) is 13.9. The highest BCUT2D eigenvalue weighted by molar-refractivity contribution is 6.06. The quantitative estimate of drug-likeness (QED) is 0.233. The molecule has 9 rings (SSSR count). The number of aromatic nitrogens is 2. The summed E-state index contributed by atoms with van der Waals surface area (Å²) in [4.78, 5) is 58.8. The van der Waals surface area contributed by atoms with Gasteiger partial charge in [0, 0.05) is 94.5 Å². The van der Waals surface area contributed by atoms with E-state index < -0.39 is 17.6 Å². The van der Waals surface area contributed by atoms with Crippen molar-refractivity contribution in [1.82, 2.24) is 30.0 Å². The Morgan fingerprint density at radius 3 is 2.40 bits per heavy atom. The van der Waals surface area contributed by atoms with Crippen LogP contribution in [-0.4, -0.2) is 120 Å². The van der Waals surface area contributed by atoms with Gasteiger partial charge in [0.1, 0.15) is 17.5 Å². The number of amides is 3. The Bertz CT molecular complexity index is 2150. The highest BCUT2D eigenvalue weighted by Gasteiger charge is 2.43.